The molecule has 0 spiro atoms. The summed E-state index contributed by atoms with van der Waals surface area (Å²) < 4.78 is 34.5. The molecule has 1 N–H and O–H groups in total. The third kappa shape index (κ3) is 4.46. The van der Waals surface area contributed by atoms with Crippen molar-refractivity contribution >= 4 is 11.8 Å². The van der Waals surface area contributed by atoms with E-state index in [-0.39, 0.29) is 23.8 Å². The molecule has 174 valence electrons. The molecule has 1 unspecified atom stereocenters. The molecular weight excluding hydrogens is 428 g/mol. The number of benzene rings is 1. The Morgan fingerprint density at radius 3 is 2.36 bits per heavy atom. The lowest BCUT2D eigenvalue weighted by molar-refractivity contribution is 0.371. The second kappa shape index (κ2) is 8.57. The molecular formula is C23H27F2N7O. The van der Waals surface area contributed by atoms with Crippen LogP contribution in [-0.4, -0.2) is 43.9 Å². The fourth-order valence-corrected chi connectivity index (χ4v) is 4.88. The average molecular weight is 456 g/mol. The van der Waals surface area contributed by atoms with E-state index in [1.807, 2.05) is 26.8 Å². The van der Waals surface area contributed by atoms with Crippen molar-refractivity contribution in [2.45, 2.75) is 45.7 Å². The summed E-state index contributed by atoms with van der Waals surface area (Å²) in [6, 6.07) is 5.47. The van der Waals surface area contributed by atoms with E-state index in [1.165, 1.54) is 0 Å². The van der Waals surface area contributed by atoms with Crippen LogP contribution in [0.3, 0.4) is 0 Å². The Labute approximate surface area is 191 Å². The highest BCUT2D eigenvalue weighted by Gasteiger charge is 2.43. The standard InChI is InChI=1S/C23H27F2N7O/c1-13(2)32-23(33-19-8-17(24)7-18(25)9-19)29-22(30-32)28-21-15-4-5-16(21)11-31(10-15)20-6-14(3)26-12-27-20/h6-9,12-13,15-16,21H,4-5,10-11H2,1-3H3,(H,28,30)/t15-,16+,21?. The molecule has 5 rings (SSSR count). The predicted molar refractivity (Wildman–Crippen MR) is 119 cm³/mol. The summed E-state index contributed by atoms with van der Waals surface area (Å²) in [5.41, 5.74) is 0.960. The summed E-state index contributed by atoms with van der Waals surface area (Å²) in [5.74, 6) is 0.935. The predicted octanol–water partition coefficient (Wildman–Crippen LogP) is 4.35. The van der Waals surface area contributed by atoms with Gasteiger partial charge in [0.25, 0.3) is 0 Å². The number of halogens is 2. The average Bonchev–Trinajstić information content (AvgIpc) is 3.23. The van der Waals surface area contributed by atoms with Crippen molar-refractivity contribution in [2.24, 2.45) is 11.8 Å². The summed E-state index contributed by atoms with van der Waals surface area (Å²) in [4.78, 5) is 15.5. The number of hydrogen-bond donors (Lipinski definition) is 1. The van der Waals surface area contributed by atoms with Crippen molar-refractivity contribution in [1.29, 1.82) is 0 Å². The molecule has 3 aromatic rings. The Morgan fingerprint density at radius 1 is 1.03 bits per heavy atom. The van der Waals surface area contributed by atoms with E-state index in [1.54, 1.807) is 11.0 Å². The van der Waals surface area contributed by atoms with E-state index in [0.717, 1.165) is 55.6 Å². The summed E-state index contributed by atoms with van der Waals surface area (Å²) in [6.07, 6.45) is 3.87. The zero-order valence-electron chi connectivity index (χ0n) is 18.9. The first-order valence-electron chi connectivity index (χ1n) is 11.3. The molecule has 2 fully saturated rings. The summed E-state index contributed by atoms with van der Waals surface area (Å²) >= 11 is 0. The maximum Gasteiger partial charge on any atom is 0.322 e. The van der Waals surface area contributed by atoms with Gasteiger partial charge in [0, 0.05) is 49.1 Å². The molecule has 2 aromatic heterocycles. The van der Waals surface area contributed by atoms with Gasteiger partial charge in [0.1, 0.15) is 29.5 Å². The number of aryl methyl sites for hydroxylation is 1. The van der Waals surface area contributed by atoms with Crippen molar-refractivity contribution < 1.29 is 13.5 Å². The molecule has 0 amide bonds. The first-order valence-corrected chi connectivity index (χ1v) is 11.3. The molecule has 1 aliphatic heterocycles. The number of rotatable bonds is 6. The van der Waals surface area contributed by atoms with Gasteiger partial charge < -0.3 is 15.0 Å². The van der Waals surface area contributed by atoms with Crippen molar-refractivity contribution in [3.8, 4) is 11.8 Å². The van der Waals surface area contributed by atoms with Gasteiger partial charge in [-0.15, -0.1) is 5.10 Å². The first kappa shape index (κ1) is 21.5. The van der Waals surface area contributed by atoms with E-state index in [2.05, 4.69) is 30.3 Å². The van der Waals surface area contributed by atoms with Crippen LogP contribution in [-0.2, 0) is 0 Å². The lowest BCUT2D eigenvalue weighted by Crippen LogP contribution is -2.48. The van der Waals surface area contributed by atoms with E-state index in [0.29, 0.717) is 17.8 Å². The molecule has 8 nitrogen and oxygen atoms in total. The van der Waals surface area contributed by atoms with Gasteiger partial charge in [0.2, 0.25) is 5.95 Å². The lowest BCUT2D eigenvalue weighted by Gasteiger charge is -2.38. The van der Waals surface area contributed by atoms with Crippen LogP contribution in [0.15, 0.2) is 30.6 Å². The van der Waals surface area contributed by atoms with Gasteiger partial charge in [-0.2, -0.15) is 4.98 Å². The van der Waals surface area contributed by atoms with Crippen LogP contribution in [0.5, 0.6) is 11.8 Å². The molecule has 33 heavy (non-hydrogen) atoms. The third-order valence-electron chi connectivity index (χ3n) is 6.38. The molecule has 1 saturated heterocycles. The van der Waals surface area contributed by atoms with Crippen LogP contribution < -0.4 is 15.0 Å². The quantitative estimate of drug-likeness (QED) is 0.592. The molecule has 1 aliphatic carbocycles. The van der Waals surface area contributed by atoms with Crippen LogP contribution in [0.4, 0.5) is 20.5 Å². The molecule has 1 aromatic carbocycles. The number of fused-ring (bicyclic) bond motifs is 2. The van der Waals surface area contributed by atoms with E-state index < -0.39 is 11.6 Å². The molecule has 2 bridgehead atoms. The van der Waals surface area contributed by atoms with Crippen LogP contribution in [0.2, 0.25) is 0 Å². The summed E-state index contributed by atoms with van der Waals surface area (Å²) in [5, 5.41) is 8.10. The van der Waals surface area contributed by atoms with Gasteiger partial charge in [-0.3, -0.25) is 0 Å². The highest BCUT2D eigenvalue weighted by molar-refractivity contribution is 5.42. The van der Waals surface area contributed by atoms with Crippen LogP contribution >= 0.6 is 0 Å². The van der Waals surface area contributed by atoms with E-state index >= 15 is 0 Å². The second-order valence-electron chi connectivity index (χ2n) is 9.15. The van der Waals surface area contributed by atoms with Gasteiger partial charge in [0.15, 0.2) is 0 Å². The molecule has 10 heteroatoms. The maximum atomic E-state index is 13.6. The van der Waals surface area contributed by atoms with E-state index in [9.17, 15) is 8.78 Å². The van der Waals surface area contributed by atoms with Crippen molar-refractivity contribution in [3.63, 3.8) is 0 Å². The van der Waals surface area contributed by atoms with Crippen LogP contribution in [0.25, 0.3) is 0 Å². The highest BCUT2D eigenvalue weighted by Crippen LogP contribution is 2.40. The molecule has 3 atom stereocenters. The number of aromatic nitrogens is 5. The Hall–Kier alpha value is -3.30. The van der Waals surface area contributed by atoms with Gasteiger partial charge in [0.05, 0.1) is 6.04 Å². The Balaban J connectivity index is 1.33. The number of nitrogens with zero attached hydrogens (tertiary/aromatic N) is 6. The number of anilines is 2. The van der Waals surface area contributed by atoms with Crippen LogP contribution in [0, 0.1) is 30.4 Å². The maximum absolute atomic E-state index is 13.6. The smallest absolute Gasteiger partial charge is 0.322 e. The number of ether oxygens (including phenoxy) is 1. The summed E-state index contributed by atoms with van der Waals surface area (Å²) in [6.45, 7) is 7.68. The SMILES string of the molecule is Cc1cc(N2C[C@H]3CC[C@@H](C2)C3Nc2nc(Oc3cc(F)cc(F)c3)n(C(C)C)n2)ncn1. The fraction of sp³-hybridized carbons (Fsp3) is 0.478. The van der Waals surface area contributed by atoms with Crippen molar-refractivity contribution in [2.75, 3.05) is 23.3 Å². The monoisotopic (exact) mass is 455 g/mol. The van der Waals surface area contributed by atoms with Crippen molar-refractivity contribution in [3.05, 3.63) is 47.9 Å². The largest absolute Gasteiger partial charge is 0.424 e. The minimum Gasteiger partial charge on any atom is -0.424 e. The fourth-order valence-electron chi connectivity index (χ4n) is 4.88. The summed E-state index contributed by atoms with van der Waals surface area (Å²) in [7, 11) is 0. The Bertz CT molecular complexity index is 1120. The third-order valence-corrected chi connectivity index (χ3v) is 6.38. The molecule has 2 aliphatic rings. The number of nitrogens with one attached hydrogen (secondary N) is 1. The topological polar surface area (TPSA) is 81.0 Å². The number of hydrogen-bond acceptors (Lipinski definition) is 7. The highest BCUT2D eigenvalue weighted by atomic mass is 19.1. The minimum absolute atomic E-state index is 0.0407. The van der Waals surface area contributed by atoms with Crippen molar-refractivity contribution in [1.82, 2.24) is 24.7 Å². The molecule has 0 radical (unpaired) electrons. The molecule has 1 saturated carbocycles. The van der Waals surface area contributed by atoms with E-state index in [4.69, 9.17) is 4.74 Å². The lowest BCUT2D eigenvalue weighted by atomic mass is 9.92. The zero-order chi connectivity index (χ0) is 23.1. The normalized spacial score (nSPS) is 22.1. The Morgan fingerprint density at radius 2 is 1.73 bits per heavy atom. The van der Waals surface area contributed by atoms with Gasteiger partial charge in [-0.25, -0.2) is 23.4 Å². The number of piperidine rings is 1. The van der Waals surface area contributed by atoms with Crippen LogP contribution in [0.1, 0.15) is 38.4 Å². The van der Waals surface area contributed by atoms with Gasteiger partial charge in [-0.1, -0.05) is 0 Å². The minimum atomic E-state index is -0.707. The molecule has 3 heterocycles. The van der Waals surface area contributed by atoms with Gasteiger partial charge >= 0.3 is 6.01 Å². The first-order chi connectivity index (χ1) is 15.9. The van der Waals surface area contributed by atoms with Gasteiger partial charge in [-0.05, 0) is 45.4 Å². The Kier molecular flexibility index (Phi) is 5.59. The zero-order valence-corrected chi connectivity index (χ0v) is 18.9. The second-order valence-corrected chi connectivity index (χ2v) is 9.15.